The van der Waals surface area contributed by atoms with E-state index in [1.807, 2.05) is 39.0 Å². The summed E-state index contributed by atoms with van der Waals surface area (Å²) < 4.78 is 14.6. The van der Waals surface area contributed by atoms with Crippen molar-refractivity contribution in [2.75, 3.05) is 13.1 Å². The summed E-state index contributed by atoms with van der Waals surface area (Å²) in [7, 11) is 0. The van der Waals surface area contributed by atoms with Crippen LogP contribution in [0, 0.1) is 18.3 Å². The molecule has 1 aromatic heterocycles. The molecular weight excluding hydrogens is 350 g/mol. The fraction of sp³-hybridized carbons (Fsp3) is 0.435. The number of aromatic nitrogens is 1. The third-order valence-corrected chi connectivity index (χ3v) is 5.47. The molecule has 2 aromatic rings. The highest BCUT2D eigenvalue weighted by Crippen LogP contribution is 2.46. The van der Waals surface area contributed by atoms with Crippen LogP contribution in [0.1, 0.15) is 50.6 Å². The first kappa shape index (κ1) is 18.5. The first-order valence-electron chi connectivity index (χ1n) is 9.78. The molecule has 1 fully saturated rings. The van der Waals surface area contributed by atoms with Crippen molar-refractivity contribution in [3.8, 4) is 17.5 Å². The summed E-state index contributed by atoms with van der Waals surface area (Å²) in [6.07, 6.45) is 1.61. The lowest BCUT2D eigenvalue weighted by Crippen LogP contribution is -2.48. The molecule has 0 aliphatic carbocycles. The van der Waals surface area contributed by atoms with Crippen LogP contribution in [0.4, 0.5) is 0 Å². The standard InChI is InChI=1S/C23H27N3O2/c1-16-6-8-19-20(14-16)28-23(21-9-7-18(15-24)26(19)21)10-12-25(13-11-23)17(2)27-22(3,4)5/h6-9,14H,2,10-13H2,1,3-5H3. The fourth-order valence-corrected chi connectivity index (χ4v) is 4.18. The molecule has 1 aromatic carbocycles. The van der Waals surface area contributed by atoms with Crippen molar-refractivity contribution in [3.05, 3.63) is 59.7 Å². The molecule has 0 saturated carbocycles. The van der Waals surface area contributed by atoms with Crippen molar-refractivity contribution in [3.63, 3.8) is 0 Å². The van der Waals surface area contributed by atoms with Crippen LogP contribution >= 0.6 is 0 Å². The van der Waals surface area contributed by atoms with Gasteiger partial charge in [-0.1, -0.05) is 6.07 Å². The molecule has 146 valence electrons. The second-order valence-electron chi connectivity index (χ2n) is 8.71. The van der Waals surface area contributed by atoms with E-state index in [0.29, 0.717) is 11.6 Å². The number of fused-ring (bicyclic) bond motifs is 4. The number of ether oxygens (including phenoxy) is 2. The van der Waals surface area contributed by atoms with E-state index in [2.05, 4.69) is 41.2 Å². The topological polar surface area (TPSA) is 50.4 Å². The van der Waals surface area contributed by atoms with Gasteiger partial charge in [0.15, 0.2) is 11.5 Å². The van der Waals surface area contributed by atoms with E-state index in [0.717, 1.165) is 48.6 Å². The lowest BCUT2D eigenvalue weighted by Gasteiger charge is -2.46. The number of aryl methyl sites for hydroxylation is 1. The Morgan fingerprint density at radius 2 is 1.93 bits per heavy atom. The third-order valence-electron chi connectivity index (χ3n) is 5.47. The van der Waals surface area contributed by atoms with Gasteiger partial charge in [0.05, 0.1) is 11.4 Å². The van der Waals surface area contributed by atoms with Crippen molar-refractivity contribution < 1.29 is 9.47 Å². The van der Waals surface area contributed by atoms with Gasteiger partial charge < -0.3 is 14.4 Å². The molecule has 0 bridgehead atoms. The highest BCUT2D eigenvalue weighted by molar-refractivity contribution is 5.56. The Kier molecular flexibility index (Phi) is 4.19. The van der Waals surface area contributed by atoms with E-state index in [1.54, 1.807) is 0 Å². The Hall–Kier alpha value is -2.87. The summed E-state index contributed by atoms with van der Waals surface area (Å²) in [4.78, 5) is 2.18. The minimum absolute atomic E-state index is 0.263. The summed E-state index contributed by atoms with van der Waals surface area (Å²) in [6, 6.07) is 12.4. The maximum Gasteiger partial charge on any atom is 0.182 e. The minimum atomic E-state index is -0.436. The Morgan fingerprint density at radius 1 is 1.21 bits per heavy atom. The second-order valence-corrected chi connectivity index (χ2v) is 8.71. The molecular formula is C23H27N3O2. The number of nitrogens with zero attached hydrogens (tertiary/aromatic N) is 3. The molecule has 28 heavy (non-hydrogen) atoms. The molecule has 2 aliphatic heterocycles. The number of benzene rings is 1. The van der Waals surface area contributed by atoms with Gasteiger partial charge in [-0.3, -0.25) is 4.57 Å². The van der Waals surface area contributed by atoms with Crippen molar-refractivity contribution in [1.29, 1.82) is 5.26 Å². The predicted octanol–water partition coefficient (Wildman–Crippen LogP) is 4.63. The number of nitriles is 1. The van der Waals surface area contributed by atoms with Crippen LogP contribution in [-0.4, -0.2) is 28.2 Å². The lowest BCUT2D eigenvalue weighted by atomic mass is 9.86. The third kappa shape index (κ3) is 3.03. The summed E-state index contributed by atoms with van der Waals surface area (Å²) in [5, 5.41) is 9.62. The molecule has 5 heteroatoms. The van der Waals surface area contributed by atoms with Crippen molar-refractivity contribution in [2.45, 2.75) is 51.7 Å². The van der Waals surface area contributed by atoms with Crippen LogP contribution in [0.3, 0.4) is 0 Å². The summed E-state index contributed by atoms with van der Waals surface area (Å²) in [5.41, 5.74) is 3.09. The first-order valence-corrected chi connectivity index (χ1v) is 9.78. The van der Waals surface area contributed by atoms with E-state index < -0.39 is 5.60 Å². The average Bonchev–Trinajstić information content (AvgIpc) is 3.06. The quantitative estimate of drug-likeness (QED) is 0.716. The van der Waals surface area contributed by atoms with Crippen LogP contribution in [0.15, 0.2) is 42.8 Å². The summed E-state index contributed by atoms with van der Waals surface area (Å²) >= 11 is 0. The van der Waals surface area contributed by atoms with E-state index in [9.17, 15) is 5.26 Å². The van der Waals surface area contributed by atoms with Gasteiger partial charge in [0.25, 0.3) is 0 Å². The van der Waals surface area contributed by atoms with Gasteiger partial charge in [0, 0.05) is 25.9 Å². The van der Waals surface area contributed by atoms with E-state index >= 15 is 0 Å². The largest absolute Gasteiger partial charge is 0.479 e. The van der Waals surface area contributed by atoms with E-state index in [1.165, 1.54) is 0 Å². The van der Waals surface area contributed by atoms with Gasteiger partial charge in [0.2, 0.25) is 0 Å². The first-order chi connectivity index (χ1) is 13.2. The van der Waals surface area contributed by atoms with Crippen LogP contribution < -0.4 is 4.74 Å². The molecule has 4 rings (SSSR count). The highest BCUT2D eigenvalue weighted by Gasteiger charge is 2.45. The number of hydrogen-bond donors (Lipinski definition) is 0. The van der Waals surface area contributed by atoms with Crippen LogP contribution in [0.2, 0.25) is 0 Å². The number of hydrogen-bond acceptors (Lipinski definition) is 4. The Balaban J connectivity index is 1.66. The zero-order valence-corrected chi connectivity index (χ0v) is 17.1. The molecule has 3 heterocycles. The van der Waals surface area contributed by atoms with Crippen LogP contribution in [0.5, 0.6) is 5.75 Å². The van der Waals surface area contributed by atoms with Gasteiger partial charge >= 0.3 is 0 Å². The van der Waals surface area contributed by atoms with Gasteiger partial charge in [-0.15, -0.1) is 0 Å². The monoisotopic (exact) mass is 377 g/mol. The fourth-order valence-electron chi connectivity index (χ4n) is 4.18. The van der Waals surface area contributed by atoms with Crippen molar-refractivity contribution in [1.82, 2.24) is 9.47 Å². The Morgan fingerprint density at radius 3 is 2.57 bits per heavy atom. The molecule has 2 aliphatic rings. The Labute approximate surface area is 166 Å². The van der Waals surface area contributed by atoms with E-state index in [-0.39, 0.29) is 5.60 Å². The number of likely N-dealkylation sites (tertiary alicyclic amines) is 1. The summed E-state index contributed by atoms with van der Waals surface area (Å²) in [5.74, 6) is 1.56. The molecule has 0 N–H and O–H groups in total. The van der Waals surface area contributed by atoms with Crippen LogP contribution in [-0.2, 0) is 10.3 Å². The lowest BCUT2D eigenvalue weighted by molar-refractivity contribution is -0.0450. The maximum atomic E-state index is 9.62. The van der Waals surface area contributed by atoms with Crippen LogP contribution in [0.25, 0.3) is 5.69 Å². The molecule has 5 nitrogen and oxygen atoms in total. The Bertz CT molecular complexity index is 967. The van der Waals surface area contributed by atoms with Gasteiger partial charge in [-0.05, 0) is 64.1 Å². The van der Waals surface area contributed by atoms with Crippen molar-refractivity contribution in [2.24, 2.45) is 0 Å². The number of rotatable bonds is 2. The van der Waals surface area contributed by atoms with Gasteiger partial charge in [0.1, 0.15) is 23.1 Å². The predicted molar refractivity (Wildman–Crippen MR) is 108 cm³/mol. The molecule has 0 radical (unpaired) electrons. The molecule has 1 spiro atoms. The van der Waals surface area contributed by atoms with Crippen molar-refractivity contribution >= 4 is 0 Å². The van der Waals surface area contributed by atoms with Gasteiger partial charge in [-0.2, -0.15) is 5.26 Å². The maximum absolute atomic E-state index is 9.62. The molecule has 0 atom stereocenters. The summed E-state index contributed by atoms with van der Waals surface area (Å²) in [6.45, 7) is 13.9. The second kappa shape index (κ2) is 6.34. The SMILES string of the molecule is C=C(OC(C)(C)C)N1CCC2(CC1)Oc1cc(C)ccc1-n1c(C#N)ccc12. The smallest absolute Gasteiger partial charge is 0.182 e. The average molecular weight is 377 g/mol. The zero-order valence-electron chi connectivity index (χ0n) is 17.1. The molecule has 1 saturated heterocycles. The number of piperidine rings is 1. The normalized spacial score (nSPS) is 17.3. The van der Waals surface area contributed by atoms with E-state index in [4.69, 9.17) is 9.47 Å². The minimum Gasteiger partial charge on any atom is -0.479 e. The van der Waals surface area contributed by atoms with Gasteiger partial charge in [-0.25, -0.2) is 0 Å². The molecule has 0 unspecified atom stereocenters. The highest BCUT2D eigenvalue weighted by atomic mass is 16.5. The zero-order chi connectivity index (χ0) is 20.1. The molecule has 0 amide bonds.